The Labute approximate surface area is 123 Å². The van der Waals surface area contributed by atoms with Crippen LogP contribution in [0.4, 0.5) is 0 Å². The van der Waals surface area contributed by atoms with E-state index in [2.05, 4.69) is 10.1 Å². The summed E-state index contributed by atoms with van der Waals surface area (Å²) in [7, 11) is -1.83. The highest BCUT2D eigenvalue weighted by Crippen LogP contribution is 2.41. The summed E-state index contributed by atoms with van der Waals surface area (Å²) in [5, 5.41) is 3.86. The molecule has 0 bridgehead atoms. The molecule has 0 radical (unpaired) electrons. The summed E-state index contributed by atoms with van der Waals surface area (Å²) in [5.74, 6) is 1.04. The van der Waals surface area contributed by atoms with E-state index in [0.29, 0.717) is 30.5 Å². The van der Waals surface area contributed by atoms with Crippen LogP contribution in [-0.2, 0) is 21.2 Å². The van der Waals surface area contributed by atoms with Crippen molar-refractivity contribution in [2.45, 2.75) is 49.3 Å². The van der Waals surface area contributed by atoms with E-state index in [1.165, 1.54) is 4.90 Å². The first-order valence-corrected chi connectivity index (χ1v) is 9.00. The van der Waals surface area contributed by atoms with Crippen LogP contribution >= 0.6 is 0 Å². The third-order valence-corrected chi connectivity index (χ3v) is 6.40. The summed E-state index contributed by atoms with van der Waals surface area (Å²) in [4.78, 5) is 18.2. The Morgan fingerprint density at radius 3 is 2.57 bits per heavy atom. The maximum atomic E-state index is 12.5. The third-order valence-electron chi connectivity index (χ3n) is 4.40. The molecule has 21 heavy (non-hydrogen) atoms. The number of amides is 1. The van der Waals surface area contributed by atoms with Crippen LogP contribution in [0.2, 0.25) is 0 Å². The minimum Gasteiger partial charge on any atom is -0.339 e. The molecule has 1 aromatic heterocycles. The Kier molecular flexibility index (Phi) is 3.31. The smallest absolute Gasteiger partial charge is 0.244 e. The number of nitrogens with zero attached hydrogens (tertiary/aromatic N) is 3. The van der Waals surface area contributed by atoms with Gasteiger partial charge in [0.2, 0.25) is 11.8 Å². The van der Waals surface area contributed by atoms with E-state index in [1.54, 1.807) is 7.05 Å². The van der Waals surface area contributed by atoms with Gasteiger partial charge in [-0.1, -0.05) is 5.16 Å². The van der Waals surface area contributed by atoms with E-state index in [9.17, 15) is 13.2 Å². The summed E-state index contributed by atoms with van der Waals surface area (Å²) >= 11 is 0. The molecule has 0 saturated heterocycles. The van der Waals surface area contributed by atoms with Crippen molar-refractivity contribution >= 4 is 15.7 Å². The number of hydrogen-bond donors (Lipinski definition) is 0. The van der Waals surface area contributed by atoms with Gasteiger partial charge in [0.15, 0.2) is 20.4 Å². The first kappa shape index (κ1) is 14.5. The number of rotatable bonds is 5. The van der Waals surface area contributed by atoms with Gasteiger partial charge in [0.25, 0.3) is 0 Å². The number of hydrogen-bond acceptors (Lipinski definition) is 6. The highest BCUT2D eigenvalue weighted by atomic mass is 32.2. The average molecular weight is 313 g/mol. The minimum absolute atomic E-state index is 0.173. The van der Waals surface area contributed by atoms with Crippen molar-refractivity contribution in [1.82, 2.24) is 15.0 Å². The second-order valence-corrected chi connectivity index (χ2v) is 8.43. The lowest BCUT2D eigenvalue weighted by atomic mass is 9.83. The zero-order chi connectivity index (χ0) is 15.3. The van der Waals surface area contributed by atoms with E-state index in [-0.39, 0.29) is 12.5 Å². The van der Waals surface area contributed by atoms with Gasteiger partial charge in [-0.05, 0) is 32.1 Å². The average Bonchev–Trinajstić information content (AvgIpc) is 3.07. The molecule has 2 saturated carbocycles. The molecule has 0 aromatic carbocycles. The quantitative estimate of drug-likeness (QED) is 0.801. The number of carbonyl (C=O) groups is 1. The molecule has 2 aliphatic carbocycles. The number of sulfone groups is 1. The normalized spacial score (nSPS) is 20.9. The molecule has 7 nitrogen and oxygen atoms in total. The number of aromatic nitrogens is 2. The third kappa shape index (κ3) is 2.45. The van der Waals surface area contributed by atoms with E-state index >= 15 is 0 Å². The van der Waals surface area contributed by atoms with Crippen LogP contribution in [0.1, 0.15) is 49.7 Å². The molecule has 0 atom stereocenters. The molecule has 2 aliphatic rings. The fourth-order valence-corrected chi connectivity index (χ4v) is 4.20. The topological polar surface area (TPSA) is 93.4 Å². The van der Waals surface area contributed by atoms with Gasteiger partial charge >= 0.3 is 0 Å². The molecular weight excluding hydrogens is 294 g/mol. The second-order valence-electron chi connectivity index (χ2n) is 6.10. The lowest BCUT2D eigenvalue weighted by Crippen LogP contribution is -2.56. The first-order valence-electron chi connectivity index (χ1n) is 7.11. The summed E-state index contributed by atoms with van der Waals surface area (Å²) in [6.45, 7) is 0.173. The Morgan fingerprint density at radius 2 is 2.10 bits per heavy atom. The lowest BCUT2D eigenvalue weighted by Gasteiger charge is -2.40. The van der Waals surface area contributed by atoms with Crippen molar-refractivity contribution in [3.8, 4) is 0 Å². The second kappa shape index (κ2) is 4.79. The molecule has 1 heterocycles. The van der Waals surface area contributed by atoms with Gasteiger partial charge in [0.05, 0.1) is 6.54 Å². The highest BCUT2D eigenvalue weighted by molar-refractivity contribution is 7.93. The van der Waals surface area contributed by atoms with Crippen LogP contribution in [0.5, 0.6) is 0 Å². The predicted molar refractivity (Wildman–Crippen MR) is 74.2 cm³/mol. The van der Waals surface area contributed by atoms with Gasteiger partial charge in [0.1, 0.15) is 0 Å². The van der Waals surface area contributed by atoms with Crippen LogP contribution in [0.15, 0.2) is 4.52 Å². The van der Waals surface area contributed by atoms with Crippen LogP contribution in [0, 0.1) is 0 Å². The fraction of sp³-hybridized carbons (Fsp3) is 0.769. The predicted octanol–water partition coefficient (Wildman–Crippen LogP) is 0.873. The lowest BCUT2D eigenvalue weighted by molar-refractivity contribution is -0.135. The summed E-state index contributed by atoms with van der Waals surface area (Å²) in [6, 6.07) is 0. The molecule has 8 heteroatoms. The van der Waals surface area contributed by atoms with E-state index < -0.39 is 14.6 Å². The molecule has 0 spiro atoms. The van der Waals surface area contributed by atoms with Crippen LogP contribution in [0.3, 0.4) is 0 Å². The number of carbonyl (C=O) groups excluding carboxylic acids is 1. The van der Waals surface area contributed by atoms with E-state index in [0.717, 1.165) is 25.5 Å². The molecule has 116 valence electrons. The zero-order valence-corrected chi connectivity index (χ0v) is 13.0. The largest absolute Gasteiger partial charge is 0.339 e. The van der Waals surface area contributed by atoms with Crippen molar-refractivity contribution in [2.24, 2.45) is 0 Å². The maximum absolute atomic E-state index is 12.5. The van der Waals surface area contributed by atoms with Crippen LogP contribution in [-0.4, -0.2) is 47.4 Å². The standard InChI is InChI=1S/C13H19N3O4S/c1-16(8-10-14-11(20-15-10)9-4-5-9)12(17)13(6-3-7-13)21(2,18)19/h9H,3-8H2,1-2H3. The first-order chi connectivity index (χ1) is 9.83. The van der Waals surface area contributed by atoms with Crippen molar-refractivity contribution < 1.29 is 17.7 Å². The van der Waals surface area contributed by atoms with Gasteiger partial charge in [-0.15, -0.1) is 0 Å². The van der Waals surface area contributed by atoms with E-state index in [4.69, 9.17) is 4.52 Å². The maximum Gasteiger partial charge on any atom is 0.244 e. The fourth-order valence-electron chi connectivity index (χ4n) is 2.70. The molecular formula is C13H19N3O4S. The minimum atomic E-state index is -3.42. The summed E-state index contributed by atoms with van der Waals surface area (Å²) in [5.41, 5.74) is 0. The molecule has 0 unspecified atom stereocenters. The molecule has 0 N–H and O–H groups in total. The SMILES string of the molecule is CN(Cc1noc(C2CC2)n1)C(=O)C1(S(C)(=O)=O)CCC1. The Morgan fingerprint density at radius 1 is 1.43 bits per heavy atom. The summed E-state index contributed by atoms with van der Waals surface area (Å²) < 4.78 is 27.8. The Bertz CT molecular complexity index is 659. The zero-order valence-electron chi connectivity index (χ0n) is 12.2. The summed E-state index contributed by atoms with van der Waals surface area (Å²) in [6.07, 6.45) is 4.82. The Balaban J connectivity index is 1.71. The van der Waals surface area contributed by atoms with Crippen molar-refractivity contribution in [2.75, 3.05) is 13.3 Å². The van der Waals surface area contributed by atoms with Gasteiger partial charge < -0.3 is 9.42 Å². The molecule has 1 aromatic rings. The van der Waals surface area contributed by atoms with Crippen molar-refractivity contribution in [3.63, 3.8) is 0 Å². The molecule has 1 amide bonds. The Hall–Kier alpha value is -1.44. The monoisotopic (exact) mass is 313 g/mol. The molecule has 2 fully saturated rings. The van der Waals surface area contributed by atoms with Gasteiger partial charge in [0, 0.05) is 19.2 Å². The molecule has 3 rings (SSSR count). The molecule has 0 aliphatic heterocycles. The van der Waals surface area contributed by atoms with Crippen LogP contribution in [0.25, 0.3) is 0 Å². The highest BCUT2D eigenvalue weighted by Gasteiger charge is 2.54. The van der Waals surface area contributed by atoms with Gasteiger partial charge in [-0.2, -0.15) is 4.98 Å². The van der Waals surface area contributed by atoms with Gasteiger partial charge in [-0.25, -0.2) is 8.42 Å². The van der Waals surface area contributed by atoms with Crippen LogP contribution < -0.4 is 0 Å². The van der Waals surface area contributed by atoms with Crippen molar-refractivity contribution in [3.05, 3.63) is 11.7 Å². The van der Waals surface area contributed by atoms with Gasteiger partial charge in [-0.3, -0.25) is 4.79 Å². The van der Waals surface area contributed by atoms with E-state index in [1.807, 2.05) is 0 Å². The van der Waals surface area contributed by atoms with Crippen molar-refractivity contribution in [1.29, 1.82) is 0 Å².